The molecule has 2 aliphatic heterocycles. The molecule has 0 amide bonds. The number of pyridine rings is 1. The van der Waals surface area contributed by atoms with Crippen LogP contribution in [-0.4, -0.2) is 50.0 Å². The van der Waals surface area contributed by atoms with Crippen molar-refractivity contribution in [3.05, 3.63) is 64.1 Å². The van der Waals surface area contributed by atoms with Gasteiger partial charge in [0.25, 0.3) is 0 Å². The first kappa shape index (κ1) is 24.8. The molecule has 0 atom stereocenters. The zero-order chi connectivity index (χ0) is 27.1. The molecule has 2 aliphatic carbocycles. The second-order valence-corrected chi connectivity index (χ2v) is 11.9. The van der Waals surface area contributed by atoms with Crippen molar-refractivity contribution in [3.8, 4) is 11.8 Å². The zero-order valence-corrected chi connectivity index (χ0v) is 21.6. The molecule has 0 N–H and O–H groups in total. The largest absolute Gasteiger partial charge is 0.391 e. The highest BCUT2D eigenvalue weighted by molar-refractivity contribution is 6.30. The number of fused-ring (bicyclic) bond motifs is 3. The number of hydrogen-bond acceptors (Lipinski definition) is 6. The molecule has 3 aromatic rings. The normalized spacial score (nSPS) is 24.2. The molecule has 1 spiro atoms. The molecule has 1 aromatic carbocycles. The van der Waals surface area contributed by atoms with Gasteiger partial charge in [-0.15, -0.1) is 10.2 Å². The van der Waals surface area contributed by atoms with Crippen molar-refractivity contribution in [2.75, 3.05) is 18.0 Å². The van der Waals surface area contributed by atoms with Crippen molar-refractivity contribution in [1.29, 1.82) is 5.26 Å². The SMILES string of the molecule is N#Cc1nc(N2CC3(CC(c4nnc5n4-c4ccc(Cl)cc4CN(C4CC(C(F)(F)F)C4)C5)C3)C2)ccc1F. The Bertz CT molecular complexity index is 1490. The van der Waals surface area contributed by atoms with Crippen LogP contribution in [0.1, 0.15) is 54.5 Å². The van der Waals surface area contributed by atoms with E-state index in [1.165, 1.54) is 6.07 Å². The average Bonchev–Trinajstić information content (AvgIpc) is 3.12. The van der Waals surface area contributed by atoms with Crippen LogP contribution in [-0.2, 0) is 13.1 Å². The number of rotatable bonds is 3. The van der Waals surface area contributed by atoms with Crippen LogP contribution in [0.4, 0.5) is 23.4 Å². The summed E-state index contributed by atoms with van der Waals surface area (Å²) in [5.41, 5.74) is 1.80. The fourth-order valence-electron chi connectivity index (χ4n) is 6.76. The van der Waals surface area contributed by atoms with Gasteiger partial charge in [-0.05, 0) is 61.6 Å². The maximum atomic E-state index is 13.7. The number of aromatic nitrogens is 4. The highest BCUT2D eigenvalue weighted by atomic mass is 35.5. The molecule has 2 saturated carbocycles. The van der Waals surface area contributed by atoms with E-state index in [1.54, 1.807) is 12.1 Å². The molecule has 3 fully saturated rings. The van der Waals surface area contributed by atoms with Gasteiger partial charge in [0.05, 0.1) is 18.2 Å². The lowest BCUT2D eigenvalue weighted by atomic mass is 9.57. The first-order chi connectivity index (χ1) is 18.6. The molecule has 1 saturated heterocycles. The molecule has 7 nitrogen and oxygen atoms in total. The van der Waals surface area contributed by atoms with E-state index in [9.17, 15) is 17.6 Å². The lowest BCUT2D eigenvalue weighted by Gasteiger charge is -2.59. The molecule has 0 bridgehead atoms. The van der Waals surface area contributed by atoms with Gasteiger partial charge in [-0.2, -0.15) is 18.4 Å². The molecule has 0 radical (unpaired) electrons. The fourth-order valence-corrected chi connectivity index (χ4v) is 6.96. The van der Waals surface area contributed by atoms with E-state index in [1.807, 2.05) is 18.2 Å². The minimum atomic E-state index is -4.15. The van der Waals surface area contributed by atoms with Gasteiger partial charge in [0.1, 0.15) is 17.7 Å². The Morgan fingerprint density at radius 3 is 2.54 bits per heavy atom. The van der Waals surface area contributed by atoms with Crippen molar-refractivity contribution in [1.82, 2.24) is 24.6 Å². The Balaban J connectivity index is 1.10. The molecule has 4 aliphatic rings. The molecule has 0 unspecified atom stereocenters. The topological polar surface area (TPSA) is 73.9 Å². The summed E-state index contributed by atoms with van der Waals surface area (Å²) in [6.45, 7) is 2.48. The Morgan fingerprint density at radius 1 is 1.05 bits per heavy atom. The molecular formula is C27H24ClF4N7. The lowest BCUT2D eigenvalue weighted by molar-refractivity contribution is -0.207. The molecule has 39 heavy (non-hydrogen) atoms. The minimum Gasteiger partial charge on any atom is -0.355 e. The number of nitriles is 1. The molecular weight excluding hydrogens is 534 g/mol. The molecule has 2 aromatic heterocycles. The van der Waals surface area contributed by atoms with Gasteiger partial charge >= 0.3 is 6.18 Å². The van der Waals surface area contributed by atoms with E-state index in [2.05, 4.69) is 29.5 Å². The first-order valence-corrected chi connectivity index (χ1v) is 13.4. The van der Waals surface area contributed by atoms with Gasteiger partial charge in [-0.1, -0.05) is 11.6 Å². The Labute approximate surface area is 227 Å². The van der Waals surface area contributed by atoms with Crippen molar-refractivity contribution in [2.45, 2.75) is 56.9 Å². The number of halogens is 5. The van der Waals surface area contributed by atoms with Crippen LogP contribution >= 0.6 is 11.6 Å². The molecule has 202 valence electrons. The monoisotopic (exact) mass is 557 g/mol. The van der Waals surface area contributed by atoms with Crippen LogP contribution in [0.2, 0.25) is 5.02 Å². The van der Waals surface area contributed by atoms with Crippen LogP contribution in [0.3, 0.4) is 0 Å². The maximum absolute atomic E-state index is 13.7. The summed E-state index contributed by atoms with van der Waals surface area (Å²) in [6, 6.07) is 10.2. The van der Waals surface area contributed by atoms with Crippen LogP contribution in [0.25, 0.3) is 5.69 Å². The second kappa shape index (κ2) is 8.63. The first-order valence-electron chi connectivity index (χ1n) is 13.0. The van der Waals surface area contributed by atoms with Crippen molar-refractivity contribution in [2.24, 2.45) is 11.3 Å². The van der Waals surface area contributed by atoms with Crippen molar-refractivity contribution < 1.29 is 17.6 Å². The fraction of sp³-hybridized carbons (Fsp3) is 0.481. The van der Waals surface area contributed by atoms with E-state index >= 15 is 0 Å². The quantitative estimate of drug-likeness (QED) is 0.403. The van der Waals surface area contributed by atoms with Gasteiger partial charge in [-0.3, -0.25) is 9.47 Å². The Kier molecular flexibility index (Phi) is 5.49. The van der Waals surface area contributed by atoms with Crippen LogP contribution in [0.5, 0.6) is 0 Å². The average molecular weight is 558 g/mol. The Hall–Kier alpha value is -3.23. The highest BCUT2D eigenvalue weighted by Crippen LogP contribution is 2.57. The summed E-state index contributed by atoms with van der Waals surface area (Å²) >= 11 is 6.33. The lowest BCUT2D eigenvalue weighted by Crippen LogP contribution is -2.62. The van der Waals surface area contributed by atoms with Crippen LogP contribution in [0.15, 0.2) is 30.3 Å². The summed E-state index contributed by atoms with van der Waals surface area (Å²) in [7, 11) is 0. The zero-order valence-electron chi connectivity index (χ0n) is 20.8. The maximum Gasteiger partial charge on any atom is 0.391 e. The van der Waals surface area contributed by atoms with Crippen molar-refractivity contribution in [3.63, 3.8) is 0 Å². The number of anilines is 1. The summed E-state index contributed by atoms with van der Waals surface area (Å²) in [4.78, 5) is 8.28. The predicted molar refractivity (Wildman–Crippen MR) is 134 cm³/mol. The van der Waals surface area contributed by atoms with Gasteiger partial charge in [-0.25, -0.2) is 9.37 Å². The van der Waals surface area contributed by atoms with E-state index in [0.29, 0.717) is 23.9 Å². The molecule has 7 rings (SSSR count). The number of nitrogens with zero attached hydrogens (tertiary/aromatic N) is 7. The standard InChI is InChI=1S/C27H24ClF4N7/c28-18-1-3-22-15(5-18)11-37(19-6-17(7-19)27(30,31)32)12-24-35-36-25(39(22)24)16-8-26(9-16)13-38(14-26)23-4-2-20(29)21(10-33)34-23/h1-5,16-17,19H,6-9,11-14H2. The minimum absolute atomic E-state index is 0.0980. The highest BCUT2D eigenvalue weighted by Gasteiger charge is 2.55. The second-order valence-electron chi connectivity index (χ2n) is 11.4. The smallest absolute Gasteiger partial charge is 0.355 e. The van der Waals surface area contributed by atoms with E-state index in [-0.39, 0.29) is 35.9 Å². The summed E-state index contributed by atoms with van der Waals surface area (Å²) in [5.74, 6) is 0.531. The van der Waals surface area contributed by atoms with Gasteiger partial charge in [0, 0.05) is 42.0 Å². The third kappa shape index (κ3) is 4.07. The van der Waals surface area contributed by atoms with Crippen LogP contribution in [0, 0.1) is 28.5 Å². The van der Waals surface area contributed by atoms with E-state index < -0.39 is 17.9 Å². The van der Waals surface area contributed by atoms with Crippen molar-refractivity contribution >= 4 is 17.4 Å². The molecule has 4 heterocycles. The summed E-state index contributed by atoms with van der Waals surface area (Å²) in [5, 5.41) is 18.8. The van der Waals surface area contributed by atoms with E-state index in [0.717, 1.165) is 48.8 Å². The van der Waals surface area contributed by atoms with E-state index in [4.69, 9.17) is 16.9 Å². The predicted octanol–water partition coefficient (Wildman–Crippen LogP) is 5.37. The number of alkyl halides is 3. The molecule has 12 heteroatoms. The third-order valence-electron chi connectivity index (χ3n) is 8.89. The summed E-state index contributed by atoms with van der Waals surface area (Å²) < 4.78 is 55.2. The van der Waals surface area contributed by atoms with Crippen LogP contribution < -0.4 is 4.90 Å². The van der Waals surface area contributed by atoms with Gasteiger partial charge in [0.15, 0.2) is 17.3 Å². The van der Waals surface area contributed by atoms with Gasteiger partial charge < -0.3 is 4.90 Å². The Morgan fingerprint density at radius 2 is 1.82 bits per heavy atom. The summed E-state index contributed by atoms with van der Waals surface area (Å²) in [6.07, 6.45) is -2.13. The van der Waals surface area contributed by atoms with Gasteiger partial charge in [0.2, 0.25) is 0 Å². The number of hydrogen-bond donors (Lipinski definition) is 0. The third-order valence-corrected chi connectivity index (χ3v) is 9.12. The number of benzene rings is 1.